The molecule has 4 heterocycles. The van der Waals surface area contributed by atoms with Crippen LogP contribution in [0.2, 0.25) is 0 Å². The summed E-state index contributed by atoms with van der Waals surface area (Å²) in [7, 11) is 0. The van der Waals surface area contributed by atoms with Gasteiger partial charge in [0.25, 0.3) is 0 Å². The van der Waals surface area contributed by atoms with E-state index in [1.807, 2.05) is 34.6 Å². The molecule has 2 aromatic carbocycles. The summed E-state index contributed by atoms with van der Waals surface area (Å²) in [6.07, 6.45) is 7.09. The average molecular weight is 837 g/mol. The third kappa shape index (κ3) is 6.18. The zero-order valence-electron chi connectivity index (χ0n) is 32.8. The first-order valence-corrected chi connectivity index (χ1v) is 17.9. The normalized spacial score (nSPS) is 16.3. The molecule has 0 saturated carbocycles. The first kappa shape index (κ1) is 34.1. The van der Waals surface area contributed by atoms with Crippen LogP contribution in [0.3, 0.4) is 0 Å². The number of aliphatic hydroxyl groups excluding tert-OH is 1. The van der Waals surface area contributed by atoms with Crippen LogP contribution >= 0.6 is 0 Å². The van der Waals surface area contributed by atoms with Crippen molar-refractivity contribution in [2.24, 2.45) is 11.8 Å². The number of aliphatic hydroxyl groups is 1. The fourth-order valence-corrected chi connectivity index (χ4v) is 8.06. The minimum atomic E-state index is -0.0495. The van der Waals surface area contributed by atoms with Crippen LogP contribution in [0.25, 0.3) is 49.1 Å². The zero-order valence-corrected chi connectivity index (χ0v) is 33.2. The van der Waals surface area contributed by atoms with Crippen molar-refractivity contribution in [1.82, 2.24) is 14.4 Å². The molecule has 0 unspecified atom stereocenters. The Bertz CT molecular complexity index is 2310. The van der Waals surface area contributed by atoms with Crippen molar-refractivity contribution in [1.29, 1.82) is 0 Å². The number of pyridine rings is 3. The Balaban J connectivity index is 0.000000271. The van der Waals surface area contributed by atoms with Crippen molar-refractivity contribution in [2.75, 3.05) is 0 Å². The van der Waals surface area contributed by atoms with E-state index >= 15 is 0 Å². The third-order valence-electron chi connectivity index (χ3n) is 11.1. The maximum Gasteiger partial charge on any atom is 0.162 e. The van der Waals surface area contributed by atoms with Gasteiger partial charge in [0.1, 0.15) is 5.65 Å². The Labute approximate surface area is 308 Å². The standard InChI is InChI=1S/C30H28N3.C13H24O2.Ir/c1-16-13-20-19-8-7-17(2)32-28(19)33-26(20)21(14-16)25-23-18(9-12-31-25)15-22-24(27(23)33)30(5,6)11-10-29(22,3)4;1-5-10(6-2)12(14)9-13(15)11(7-3)8-4;/h7-9,12-13,15H,10-11H2,1-6H3;9-11,14H,5-8H2,1-4H3;/q-1;;/b;12-9-;/i9D,12D;;. The Hall–Kier alpha value is -3.34. The summed E-state index contributed by atoms with van der Waals surface area (Å²) in [5.74, 6) is 0.547. The summed E-state index contributed by atoms with van der Waals surface area (Å²) in [4.78, 5) is 21.5. The second-order valence-electron chi connectivity index (χ2n) is 15.3. The number of carbonyl (C=O) groups excluding carboxylic acids is 1. The molecule has 6 aromatic rings. The number of benzene rings is 2. The third-order valence-corrected chi connectivity index (χ3v) is 11.1. The van der Waals surface area contributed by atoms with Gasteiger partial charge in [-0.15, -0.1) is 17.7 Å². The van der Waals surface area contributed by atoms with Crippen LogP contribution in [-0.2, 0) is 35.7 Å². The number of fused-ring (bicyclic) bond motifs is 7. The molecule has 49 heavy (non-hydrogen) atoms. The van der Waals surface area contributed by atoms with E-state index in [0.717, 1.165) is 98.9 Å². The van der Waals surface area contributed by atoms with E-state index in [1.54, 1.807) is 0 Å². The summed E-state index contributed by atoms with van der Waals surface area (Å²) in [6, 6.07) is 12.4. The van der Waals surface area contributed by atoms with Crippen LogP contribution in [0, 0.1) is 31.7 Å². The van der Waals surface area contributed by atoms with Crippen molar-refractivity contribution in [2.45, 2.75) is 119 Å². The summed E-state index contributed by atoms with van der Waals surface area (Å²) in [6.45, 7) is 21.5. The van der Waals surface area contributed by atoms with Gasteiger partial charge in [0.15, 0.2) is 5.78 Å². The quantitative estimate of drug-likeness (QED) is 0.0572. The number of aryl methyl sites for hydroxylation is 2. The van der Waals surface area contributed by atoms with Crippen molar-refractivity contribution < 1.29 is 32.7 Å². The minimum Gasteiger partial charge on any atom is -0.512 e. The first-order chi connectivity index (χ1) is 23.6. The fourth-order valence-electron chi connectivity index (χ4n) is 8.06. The number of allylic oxidation sites excluding steroid dienone is 2. The topological polar surface area (TPSA) is 67.5 Å². The van der Waals surface area contributed by atoms with E-state index in [4.69, 9.17) is 12.7 Å². The second-order valence-corrected chi connectivity index (χ2v) is 15.3. The molecule has 1 radical (unpaired) electrons. The Morgan fingerprint density at radius 1 is 0.980 bits per heavy atom. The first-order valence-electron chi connectivity index (χ1n) is 18.9. The maximum absolute atomic E-state index is 11.7. The van der Waals surface area contributed by atoms with Gasteiger partial charge in [0, 0.05) is 60.8 Å². The van der Waals surface area contributed by atoms with E-state index in [2.05, 4.69) is 69.4 Å². The molecule has 0 fully saturated rings. The number of ketones is 1. The second kappa shape index (κ2) is 13.8. The molecule has 1 aliphatic carbocycles. The predicted molar refractivity (Wildman–Crippen MR) is 202 cm³/mol. The summed E-state index contributed by atoms with van der Waals surface area (Å²) >= 11 is 0. The van der Waals surface area contributed by atoms with Gasteiger partial charge >= 0.3 is 0 Å². The monoisotopic (exact) mass is 837 g/mol. The van der Waals surface area contributed by atoms with E-state index in [-0.39, 0.29) is 66.5 Å². The summed E-state index contributed by atoms with van der Waals surface area (Å²) < 4.78 is 19.8. The van der Waals surface area contributed by atoms with Crippen molar-refractivity contribution in [3.63, 3.8) is 0 Å². The molecule has 6 heteroatoms. The van der Waals surface area contributed by atoms with Gasteiger partial charge in [-0.1, -0.05) is 85.2 Å². The van der Waals surface area contributed by atoms with Gasteiger partial charge in [-0.3, -0.25) is 4.79 Å². The predicted octanol–water partition coefficient (Wildman–Crippen LogP) is 11.4. The van der Waals surface area contributed by atoms with Crippen molar-refractivity contribution in [3.8, 4) is 0 Å². The number of carbonyl (C=O) groups is 1. The van der Waals surface area contributed by atoms with E-state index in [0.29, 0.717) is 0 Å². The van der Waals surface area contributed by atoms with E-state index < -0.39 is 0 Å². The molecule has 4 aromatic heterocycles. The molecular weight excluding hydrogens is 783 g/mol. The molecule has 261 valence electrons. The van der Waals surface area contributed by atoms with Gasteiger partial charge in [-0.2, -0.15) is 0 Å². The molecule has 0 spiro atoms. The zero-order chi connectivity index (χ0) is 36.4. The molecule has 0 atom stereocenters. The largest absolute Gasteiger partial charge is 0.512 e. The van der Waals surface area contributed by atoms with Gasteiger partial charge in [0.05, 0.1) is 8.50 Å². The van der Waals surface area contributed by atoms with Crippen molar-refractivity contribution in [3.05, 3.63) is 76.8 Å². The number of rotatable bonds is 7. The van der Waals surface area contributed by atoms with Crippen LogP contribution in [0.5, 0.6) is 0 Å². The van der Waals surface area contributed by atoms with Crippen LogP contribution in [0.15, 0.2) is 48.3 Å². The molecule has 1 N–H and O–H groups in total. The van der Waals surface area contributed by atoms with Crippen LogP contribution < -0.4 is 0 Å². The molecule has 5 nitrogen and oxygen atoms in total. The molecule has 0 saturated heterocycles. The Kier molecular flexibility index (Phi) is 9.58. The smallest absolute Gasteiger partial charge is 0.162 e. The van der Waals surface area contributed by atoms with E-state index in [9.17, 15) is 9.90 Å². The number of nitrogens with zero attached hydrogens (tertiary/aromatic N) is 3. The maximum atomic E-state index is 11.7. The summed E-state index contributed by atoms with van der Waals surface area (Å²) in [5, 5.41) is 14.7. The van der Waals surface area contributed by atoms with Crippen LogP contribution in [-0.4, -0.2) is 25.3 Å². The van der Waals surface area contributed by atoms with Crippen molar-refractivity contribution >= 4 is 54.9 Å². The average Bonchev–Trinajstić information content (AvgIpc) is 3.38. The number of hydrogen-bond donors (Lipinski definition) is 1. The molecular formula is C43H52IrN3O2-. The molecule has 7 rings (SSSR count). The van der Waals surface area contributed by atoms with E-state index in [1.165, 1.54) is 17.2 Å². The molecule has 0 aliphatic heterocycles. The Morgan fingerprint density at radius 2 is 1.63 bits per heavy atom. The minimum absolute atomic E-state index is 0. The molecule has 0 amide bonds. The number of hydrogen-bond acceptors (Lipinski definition) is 4. The van der Waals surface area contributed by atoms with Gasteiger partial charge in [-0.05, 0) is 101 Å². The van der Waals surface area contributed by atoms with Gasteiger partial charge < -0.3 is 14.5 Å². The van der Waals surface area contributed by atoms with Crippen LogP contribution in [0.1, 0.15) is 119 Å². The van der Waals surface area contributed by atoms with Gasteiger partial charge in [0.2, 0.25) is 0 Å². The number of aromatic nitrogens is 3. The fraction of sp³-hybridized carbons (Fsp3) is 0.465. The molecule has 1 aliphatic rings. The summed E-state index contributed by atoms with van der Waals surface area (Å²) in [5.41, 5.74) is 8.43. The Morgan fingerprint density at radius 3 is 2.29 bits per heavy atom. The molecule has 0 bridgehead atoms. The van der Waals surface area contributed by atoms with Crippen LogP contribution in [0.4, 0.5) is 0 Å². The SMILES string of the molecule is CCC(CC)C(=O)/C=C(\O)C(CC)CC.[2H]c1nc2c3[c-]c(C)cc4c5ccc(C)nc5n(c5c6c(cc(c1[2H])c25)C(C)(C)CCC6(C)C)c34.[Ir]. The van der Waals surface area contributed by atoms with Gasteiger partial charge in [-0.25, -0.2) is 4.98 Å².